The van der Waals surface area contributed by atoms with E-state index < -0.39 is 0 Å². The first-order valence-corrected chi connectivity index (χ1v) is 7.19. The van der Waals surface area contributed by atoms with Gasteiger partial charge in [0.05, 0.1) is 11.4 Å². The second kappa shape index (κ2) is 5.57. The summed E-state index contributed by atoms with van der Waals surface area (Å²) >= 11 is 0. The summed E-state index contributed by atoms with van der Waals surface area (Å²) in [4.78, 5) is 12.5. The highest BCUT2D eigenvalue weighted by molar-refractivity contribution is 5.49. The Morgan fingerprint density at radius 2 is 1.90 bits per heavy atom. The maximum atomic E-state index is 12.5. The minimum Gasteiger partial charge on any atom is -0.393 e. The molecule has 0 aliphatic rings. The Kier molecular flexibility index (Phi) is 4.02. The van der Waals surface area contributed by atoms with Crippen LogP contribution in [0.25, 0.3) is 5.69 Å². The van der Waals surface area contributed by atoms with Crippen LogP contribution in [0.1, 0.15) is 37.1 Å². The second-order valence-corrected chi connectivity index (χ2v) is 5.23. The summed E-state index contributed by atoms with van der Waals surface area (Å²) in [5, 5.41) is 0. The summed E-state index contributed by atoms with van der Waals surface area (Å²) < 4.78 is 3.73. The van der Waals surface area contributed by atoms with Crippen LogP contribution < -0.4 is 11.3 Å². The molecular formula is C16H23N3O. The van der Waals surface area contributed by atoms with Crippen LogP contribution >= 0.6 is 0 Å². The summed E-state index contributed by atoms with van der Waals surface area (Å²) in [5.41, 5.74) is 10.4. The molecular weight excluding hydrogens is 250 g/mol. The lowest BCUT2D eigenvalue weighted by atomic mass is 10.1. The fourth-order valence-corrected chi connectivity index (χ4v) is 2.63. The van der Waals surface area contributed by atoms with Crippen molar-refractivity contribution in [1.29, 1.82) is 0 Å². The Morgan fingerprint density at radius 3 is 2.50 bits per heavy atom. The molecule has 0 unspecified atom stereocenters. The number of nitrogens with zero attached hydrogens (tertiary/aromatic N) is 2. The van der Waals surface area contributed by atoms with Gasteiger partial charge >= 0.3 is 0 Å². The van der Waals surface area contributed by atoms with E-state index >= 15 is 0 Å². The Bertz CT molecular complexity index is 680. The Balaban J connectivity index is 2.77. The molecule has 0 radical (unpaired) electrons. The number of aryl methyl sites for hydroxylation is 2. The van der Waals surface area contributed by atoms with Crippen LogP contribution in [0.15, 0.2) is 23.0 Å². The van der Waals surface area contributed by atoms with Crippen molar-refractivity contribution in [2.75, 3.05) is 5.73 Å². The van der Waals surface area contributed by atoms with Crippen LogP contribution in [-0.4, -0.2) is 9.36 Å². The van der Waals surface area contributed by atoms with E-state index in [1.165, 1.54) is 0 Å². The molecule has 0 aliphatic heterocycles. The smallest absolute Gasteiger partial charge is 0.294 e. The fraction of sp³-hybridized carbons (Fsp3) is 0.438. The number of aromatic nitrogens is 2. The minimum absolute atomic E-state index is 0.107. The van der Waals surface area contributed by atoms with Gasteiger partial charge in [0.25, 0.3) is 5.56 Å². The highest BCUT2D eigenvalue weighted by Crippen LogP contribution is 2.19. The van der Waals surface area contributed by atoms with E-state index in [1.54, 1.807) is 4.68 Å². The molecule has 0 saturated heterocycles. The van der Waals surface area contributed by atoms with E-state index in [2.05, 4.69) is 13.0 Å². The fourth-order valence-electron chi connectivity index (χ4n) is 2.63. The van der Waals surface area contributed by atoms with Crippen LogP contribution in [0.2, 0.25) is 0 Å². The van der Waals surface area contributed by atoms with Gasteiger partial charge in [-0.25, -0.2) is 4.68 Å². The molecule has 0 amide bonds. The first-order valence-electron chi connectivity index (χ1n) is 7.19. The van der Waals surface area contributed by atoms with Crippen molar-refractivity contribution in [3.63, 3.8) is 0 Å². The molecule has 1 heterocycles. The van der Waals surface area contributed by atoms with Gasteiger partial charge in [-0.2, -0.15) is 0 Å². The third-order valence-corrected chi connectivity index (χ3v) is 3.67. The highest BCUT2D eigenvalue weighted by Gasteiger charge is 2.18. The summed E-state index contributed by atoms with van der Waals surface area (Å²) in [6.07, 6.45) is 1.80. The normalized spacial score (nSPS) is 11.0. The molecule has 0 aliphatic carbocycles. The van der Waals surface area contributed by atoms with Crippen molar-refractivity contribution in [2.45, 2.75) is 47.1 Å². The third-order valence-electron chi connectivity index (χ3n) is 3.67. The van der Waals surface area contributed by atoms with Gasteiger partial charge in [-0.1, -0.05) is 25.5 Å². The van der Waals surface area contributed by atoms with Crippen LogP contribution in [0.5, 0.6) is 0 Å². The lowest BCUT2D eigenvalue weighted by Gasteiger charge is -2.15. The molecule has 108 valence electrons. The van der Waals surface area contributed by atoms with E-state index in [0.29, 0.717) is 5.69 Å². The predicted molar refractivity (Wildman–Crippen MR) is 83.6 cm³/mol. The number of nitrogens with two attached hydrogens (primary N) is 1. The third kappa shape index (κ3) is 2.26. The molecule has 2 rings (SSSR count). The summed E-state index contributed by atoms with van der Waals surface area (Å²) in [6, 6.07) is 6.14. The molecule has 4 heteroatoms. The van der Waals surface area contributed by atoms with Gasteiger partial charge in [-0.3, -0.25) is 9.48 Å². The first-order chi connectivity index (χ1) is 9.51. The Morgan fingerprint density at radius 1 is 1.20 bits per heavy atom. The molecule has 4 nitrogen and oxygen atoms in total. The Labute approximate surface area is 119 Å². The molecule has 2 aromatic rings. The number of benzene rings is 1. The zero-order valence-corrected chi connectivity index (χ0v) is 12.7. The number of nitrogen functional groups attached to an aromatic ring is 1. The molecule has 20 heavy (non-hydrogen) atoms. The molecule has 1 aromatic carbocycles. The molecule has 0 spiro atoms. The minimum atomic E-state index is -0.107. The van der Waals surface area contributed by atoms with Crippen molar-refractivity contribution in [2.24, 2.45) is 0 Å². The summed E-state index contributed by atoms with van der Waals surface area (Å²) in [7, 11) is 0. The summed E-state index contributed by atoms with van der Waals surface area (Å²) in [5.74, 6) is 0. The van der Waals surface area contributed by atoms with Crippen LogP contribution in [0, 0.1) is 13.8 Å². The second-order valence-electron chi connectivity index (χ2n) is 5.23. The lowest BCUT2D eigenvalue weighted by Crippen LogP contribution is -2.23. The van der Waals surface area contributed by atoms with E-state index in [4.69, 9.17) is 5.73 Å². The Hall–Kier alpha value is -1.97. The quantitative estimate of drug-likeness (QED) is 0.931. The standard InChI is InChI=1S/C16H23N3O/c1-5-7-13-15(17)16(20)19(18(13)6-2)14-10-11(3)8-9-12(14)4/h8-10H,5-7,17H2,1-4H3. The molecule has 0 saturated carbocycles. The molecule has 1 aromatic heterocycles. The van der Waals surface area contributed by atoms with Gasteiger partial charge in [-0.15, -0.1) is 0 Å². The maximum absolute atomic E-state index is 12.5. The average Bonchev–Trinajstić information content (AvgIpc) is 2.66. The van der Waals surface area contributed by atoms with Crippen molar-refractivity contribution in [1.82, 2.24) is 9.36 Å². The molecule has 0 bridgehead atoms. The largest absolute Gasteiger partial charge is 0.393 e. The van der Waals surface area contributed by atoms with Crippen molar-refractivity contribution in [3.05, 3.63) is 45.4 Å². The zero-order chi connectivity index (χ0) is 14.9. The van der Waals surface area contributed by atoms with Crippen LogP contribution in [0.3, 0.4) is 0 Å². The van der Waals surface area contributed by atoms with Gasteiger partial charge in [-0.05, 0) is 44.4 Å². The molecule has 0 fully saturated rings. The van der Waals surface area contributed by atoms with Gasteiger partial charge in [0.15, 0.2) is 0 Å². The maximum Gasteiger partial charge on any atom is 0.294 e. The highest BCUT2D eigenvalue weighted by atomic mass is 16.1. The summed E-state index contributed by atoms with van der Waals surface area (Å²) in [6.45, 7) is 8.92. The number of hydrogen-bond donors (Lipinski definition) is 1. The number of anilines is 1. The van der Waals surface area contributed by atoms with Gasteiger partial charge in [0, 0.05) is 6.54 Å². The van der Waals surface area contributed by atoms with Gasteiger partial charge in [0.2, 0.25) is 0 Å². The van der Waals surface area contributed by atoms with Crippen molar-refractivity contribution in [3.8, 4) is 5.69 Å². The molecule has 2 N–H and O–H groups in total. The zero-order valence-electron chi connectivity index (χ0n) is 12.7. The van der Waals surface area contributed by atoms with Crippen LogP contribution in [0.4, 0.5) is 5.69 Å². The predicted octanol–water partition coefficient (Wildman–Crippen LogP) is 2.81. The number of rotatable bonds is 4. The average molecular weight is 273 g/mol. The monoisotopic (exact) mass is 273 g/mol. The van der Waals surface area contributed by atoms with Crippen molar-refractivity contribution >= 4 is 5.69 Å². The van der Waals surface area contributed by atoms with E-state index in [9.17, 15) is 4.79 Å². The molecule has 0 atom stereocenters. The van der Waals surface area contributed by atoms with Gasteiger partial charge in [0.1, 0.15) is 5.69 Å². The van der Waals surface area contributed by atoms with E-state index in [-0.39, 0.29) is 5.56 Å². The number of hydrogen-bond acceptors (Lipinski definition) is 2. The van der Waals surface area contributed by atoms with Crippen LogP contribution in [-0.2, 0) is 13.0 Å². The first kappa shape index (κ1) is 14.4. The van der Waals surface area contributed by atoms with Crippen molar-refractivity contribution < 1.29 is 0 Å². The van der Waals surface area contributed by atoms with E-state index in [0.717, 1.165) is 41.9 Å². The van der Waals surface area contributed by atoms with E-state index in [1.807, 2.05) is 37.6 Å². The lowest BCUT2D eigenvalue weighted by molar-refractivity contribution is 0.544. The topological polar surface area (TPSA) is 53.0 Å². The van der Waals surface area contributed by atoms with Gasteiger partial charge < -0.3 is 5.73 Å². The SMILES string of the molecule is CCCc1c(N)c(=O)n(-c2cc(C)ccc2C)n1CC.